The molecule has 1 aliphatic rings. The Morgan fingerprint density at radius 2 is 1.83 bits per heavy atom. The van der Waals surface area contributed by atoms with Crippen molar-refractivity contribution in [2.75, 3.05) is 6.61 Å². The molecule has 0 bridgehead atoms. The first kappa shape index (κ1) is 20.4. The van der Waals surface area contributed by atoms with Crippen molar-refractivity contribution in [3.8, 4) is 10.7 Å². The Hall–Kier alpha value is -2.86. The number of carbonyl (C=O) groups is 2. The lowest BCUT2D eigenvalue weighted by molar-refractivity contribution is -0.141. The summed E-state index contributed by atoms with van der Waals surface area (Å²) in [7, 11) is 0. The van der Waals surface area contributed by atoms with Gasteiger partial charge < -0.3 is 4.74 Å². The number of benzene rings is 1. The minimum atomic E-state index is -0.458. The van der Waals surface area contributed by atoms with Crippen LogP contribution in [0.1, 0.15) is 59.6 Å². The number of Topliss-reactive ketones (excluding diaryl/α,β-unsaturated/α-hetero) is 1. The van der Waals surface area contributed by atoms with Crippen LogP contribution in [0.2, 0.25) is 0 Å². The third kappa shape index (κ3) is 5.19. The number of carbonyl (C=O) groups excluding carboxylic acids is 2. The van der Waals surface area contributed by atoms with Gasteiger partial charge in [-0.15, -0.1) is 11.3 Å². The molecule has 2 aromatic heterocycles. The zero-order chi connectivity index (χ0) is 20.8. The quantitative estimate of drug-likeness (QED) is 0.387. The molecule has 0 saturated heterocycles. The Morgan fingerprint density at radius 1 is 1.03 bits per heavy atom. The van der Waals surface area contributed by atoms with Gasteiger partial charge in [0.05, 0.1) is 17.8 Å². The SMILES string of the molecule is O=C(Cc1csc(-c2ccccn2)n1)OCC(=O)c1ccc(C2CCCCC2)cc1. The molecule has 2 heterocycles. The average Bonchev–Trinajstić information content (AvgIpc) is 3.27. The first-order valence-corrected chi connectivity index (χ1v) is 11.2. The summed E-state index contributed by atoms with van der Waals surface area (Å²) >= 11 is 1.43. The normalized spacial score (nSPS) is 14.4. The number of rotatable bonds is 7. The molecule has 0 amide bonds. The van der Waals surface area contributed by atoms with Crippen LogP contribution in [-0.2, 0) is 16.0 Å². The zero-order valence-corrected chi connectivity index (χ0v) is 17.6. The van der Waals surface area contributed by atoms with E-state index in [4.69, 9.17) is 4.74 Å². The summed E-state index contributed by atoms with van der Waals surface area (Å²) in [4.78, 5) is 33.2. The maximum atomic E-state index is 12.4. The average molecular weight is 421 g/mol. The maximum Gasteiger partial charge on any atom is 0.312 e. The van der Waals surface area contributed by atoms with E-state index >= 15 is 0 Å². The Morgan fingerprint density at radius 3 is 2.57 bits per heavy atom. The Kier molecular flexibility index (Phi) is 6.64. The molecule has 0 N–H and O–H groups in total. The van der Waals surface area contributed by atoms with E-state index in [9.17, 15) is 9.59 Å². The lowest BCUT2D eigenvalue weighted by Crippen LogP contribution is -2.16. The Bertz CT molecular complexity index is 993. The molecule has 6 heteroatoms. The lowest BCUT2D eigenvalue weighted by Gasteiger charge is -2.22. The van der Waals surface area contributed by atoms with Crippen molar-refractivity contribution >= 4 is 23.1 Å². The number of pyridine rings is 1. The highest BCUT2D eigenvalue weighted by molar-refractivity contribution is 7.13. The van der Waals surface area contributed by atoms with Crippen LogP contribution in [0, 0.1) is 0 Å². The molecule has 1 fully saturated rings. The van der Waals surface area contributed by atoms with Gasteiger partial charge in [0.1, 0.15) is 5.01 Å². The van der Waals surface area contributed by atoms with E-state index < -0.39 is 5.97 Å². The molecule has 0 radical (unpaired) electrons. The highest BCUT2D eigenvalue weighted by Crippen LogP contribution is 2.32. The maximum absolute atomic E-state index is 12.4. The van der Waals surface area contributed by atoms with Crippen LogP contribution < -0.4 is 0 Å². The number of aromatic nitrogens is 2. The number of ether oxygens (including phenoxy) is 1. The topological polar surface area (TPSA) is 69.2 Å². The number of esters is 1. The van der Waals surface area contributed by atoms with Crippen LogP contribution in [-0.4, -0.2) is 28.3 Å². The van der Waals surface area contributed by atoms with Gasteiger partial charge in [0.15, 0.2) is 12.4 Å². The number of nitrogens with zero attached hydrogens (tertiary/aromatic N) is 2. The molecular weight excluding hydrogens is 396 g/mol. The van der Waals surface area contributed by atoms with Crippen molar-refractivity contribution in [3.05, 3.63) is 70.9 Å². The van der Waals surface area contributed by atoms with E-state index in [0.29, 0.717) is 17.2 Å². The molecule has 0 unspecified atom stereocenters. The van der Waals surface area contributed by atoms with E-state index in [1.807, 2.05) is 47.8 Å². The van der Waals surface area contributed by atoms with Crippen molar-refractivity contribution in [2.24, 2.45) is 0 Å². The van der Waals surface area contributed by atoms with Crippen LogP contribution in [0.25, 0.3) is 10.7 Å². The molecule has 0 spiro atoms. The van der Waals surface area contributed by atoms with E-state index in [2.05, 4.69) is 9.97 Å². The summed E-state index contributed by atoms with van der Waals surface area (Å²) in [6.45, 7) is -0.251. The van der Waals surface area contributed by atoms with Crippen LogP contribution in [0.4, 0.5) is 0 Å². The zero-order valence-electron chi connectivity index (χ0n) is 16.8. The Balaban J connectivity index is 1.27. The molecule has 5 nitrogen and oxygen atoms in total. The smallest absolute Gasteiger partial charge is 0.312 e. The van der Waals surface area contributed by atoms with Gasteiger partial charge in [-0.1, -0.05) is 49.6 Å². The second-order valence-corrected chi connectivity index (χ2v) is 8.43. The second kappa shape index (κ2) is 9.76. The summed E-state index contributed by atoms with van der Waals surface area (Å²) in [5, 5.41) is 2.57. The summed E-state index contributed by atoms with van der Waals surface area (Å²) < 4.78 is 5.18. The van der Waals surface area contributed by atoms with Gasteiger partial charge in [-0.2, -0.15) is 0 Å². The molecule has 1 aromatic carbocycles. The van der Waals surface area contributed by atoms with Gasteiger partial charge in [0.25, 0.3) is 0 Å². The minimum Gasteiger partial charge on any atom is -0.457 e. The molecule has 1 aliphatic carbocycles. The van der Waals surface area contributed by atoms with E-state index in [1.54, 1.807) is 6.20 Å². The number of hydrogen-bond acceptors (Lipinski definition) is 6. The van der Waals surface area contributed by atoms with Gasteiger partial charge in [0, 0.05) is 17.1 Å². The summed E-state index contributed by atoms with van der Waals surface area (Å²) in [6, 6.07) is 13.4. The van der Waals surface area contributed by atoms with Gasteiger partial charge in [0.2, 0.25) is 0 Å². The van der Waals surface area contributed by atoms with Gasteiger partial charge in [-0.25, -0.2) is 4.98 Å². The molecule has 3 aromatic rings. The first-order chi connectivity index (χ1) is 14.7. The van der Waals surface area contributed by atoms with Crippen LogP contribution in [0.3, 0.4) is 0 Å². The van der Waals surface area contributed by atoms with Gasteiger partial charge in [-0.3, -0.25) is 14.6 Å². The predicted octanol–water partition coefficient (Wildman–Crippen LogP) is 5.22. The van der Waals surface area contributed by atoms with Gasteiger partial charge in [-0.05, 0) is 36.5 Å². The van der Waals surface area contributed by atoms with E-state index in [-0.39, 0.29) is 18.8 Å². The molecule has 0 atom stereocenters. The highest BCUT2D eigenvalue weighted by Gasteiger charge is 2.17. The molecule has 1 saturated carbocycles. The van der Waals surface area contributed by atoms with Crippen LogP contribution in [0.15, 0.2) is 54.0 Å². The molecule has 154 valence electrons. The monoisotopic (exact) mass is 420 g/mol. The van der Waals surface area contributed by atoms with Crippen molar-refractivity contribution in [2.45, 2.75) is 44.4 Å². The third-order valence-corrected chi connectivity index (χ3v) is 6.35. The first-order valence-electron chi connectivity index (χ1n) is 10.3. The standard InChI is InChI=1S/C24H24N2O3S/c27-22(19-11-9-18(10-12-19)17-6-2-1-3-7-17)15-29-23(28)14-20-16-30-24(26-20)21-8-4-5-13-25-21/h4-5,8-13,16-17H,1-3,6-7,14-15H2. The largest absolute Gasteiger partial charge is 0.457 e. The molecule has 30 heavy (non-hydrogen) atoms. The summed E-state index contributed by atoms with van der Waals surface area (Å²) in [5.41, 5.74) is 3.27. The minimum absolute atomic E-state index is 0.0389. The summed E-state index contributed by atoms with van der Waals surface area (Å²) in [5.74, 6) is -0.0409. The van der Waals surface area contributed by atoms with Crippen molar-refractivity contribution < 1.29 is 14.3 Å². The molecule has 4 rings (SSSR count). The van der Waals surface area contributed by atoms with Crippen LogP contribution >= 0.6 is 11.3 Å². The fourth-order valence-corrected chi connectivity index (χ4v) is 4.60. The van der Waals surface area contributed by atoms with Crippen LogP contribution in [0.5, 0.6) is 0 Å². The molecule has 0 aliphatic heterocycles. The predicted molar refractivity (Wildman–Crippen MR) is 117 cm³/mol. The number of hydrogen-bond donors (Lipinski definition) is 0. The summed E-state index contributed by atoms with van der Waals surface area (Å²) in [6.07, 6.45) is 8.08. The second-order valence-electron chi connectivity index (χ2n) is 7.58. The van der Waals surface area contributed by atoms with Crippen molar-refractivity contribution in [1.82, 2.24) is 9.97 Å². The number of thiazole rings is 1. The highest BCUT2D eigenvalue weighted by atomic mass is 32.1. The third-order valence-electron chi connectivity index (χ3n) is 5.43. The fourth-order valence-electron chi connectivity index (χ4n) is 3.80. The van der Waals surface area contributed by atoms with Gasteiger partial charge >= 0.3 is 5.97 Å². The molecular formula is C24H24N2O3S. The fraction of sp³-hybridized carbons (Fsp3) is 0.333. The Labute approximate surface area is 180 Å². The number of ketones is 1. The van der Waals surface area contributed by atoms with Crippen molar-refractivity contribution in [3.63, 3.8) is 0 Å². The van der Waals surface area contributed by atoms with E-state index in [1.165, 1.54) is 49.0 Å². The lowest BCUT2D eigenvalue weighted by atomic mass is 9.84. The van der Waals surface area contributed by atoms with E-state index in [0.717, 1.165) is 10.7 Å². The van der Waals surface area contributed by atoms with Crippen molar-refractivity contribution in [1.29, 1.82) is 0 Å².